The number of cyclic esters (lactones) is 1. The molecule has 3 N–H and O–H groups in total. The van der Waals surface area contributed by atoms with Crippen molar-refractivity contribution in [3.63, 3.8) is 0 Å². The van der Waals surface area contributed by atoms with Gasteiger partial charge in [-0.1, -0.05) is 0 Å². The van der Waals surface area contributed by atoms with Crippen molar-refractivity contribution in [3.8, 4) is 5.75 Å². The number of ether oxygens (including phenoxy) is 2. The van der Waals surface area contributed by atoms with E-state index in [2.05, 4.69) is 20.6 Å². The number of anilines is 3. The Bertz CT molecular complexity index is 1600. The summed E-state index contributed by atoms with van der Waals surface area (Å²) in [5.74, 6) is -1.40. The highest BCUT2D eigenvalue weighted by molar-refractivity contribution is 5.95. The Kier molecular flexibility index (Phi) is 5.79. The van der Waals surface area contributed by atoms with Crippen LogP contribution in [0.5, 0.6) is 5.75 Å². The van der Waals surface area contributed by atoms with Crippen LogP contribution in [0.15, 0.2) is 29.2 Å². The monoisotopic (exact) mass is 539 g/mol. The normalized spacial score (nSPS) is 18.9. The summed E-state index contributed by atoms with van der Waals surface area (Å²) in [5.41, 5.74) is -1.07. The lowest BCUT2D eigenvalue weighted by atomic mass is 10.1. The smallest absolute Gasteiger partial charge is 0.416 e. The first-order valence-corrected chi connectivity index (χ1v) is 12.0. The van der Waals surface area contributed by atoms with Crippen LogP contribution < -0.4 is 30.6 Å². The molecule has 0 bridgehead atoms. The van der Waals surface area contributed by atoms with E-state index in [1.54, 1.807) is 24.1 Å². The zero-order chi connectivity index (χ0) is 27.4. The summed E-state index contributed by atoms with van der Waals surface area (Å²) in [6.07, 6.45) is 0.146. The molecule has 6 heterocycles. The molecule has 202 valence electrons. The summed E-state index contributed by atoms with van der Waals surface area (Å²) in [4.78, 5) is 59.4. The molecule has 0 saturated carbocycles. The second-order valence-electron chi connectivity index (χ2n) is 9.43. The molecule has 3 aromatic heterocycles. The summed E-state index contributed by atoms with van der Waals surface area (Å²) in [6.45, 7) is 1.35. The van der Waals surface area contributed by atoms with E-state index in [1.165, 1.54) is 9.47 Å². The van der Waals surface area contributed by atoms with Gasteiger partial charge in [0.15, 0.2) is 29.8 Å². The number of nitrogens with zero attached hydrogens (tertiary/aromatic N) is 5. The average Bonchev–Trinajstić information content (AvgIpc) is 3.25. The van der Waals surface area contributed by atoms with E-state index in [1.807, 2.05) is 0 Å². The summed E-state index contributed by atoms with van der Waals surface area (Å²) in [7, 11) is 1.54. The molecule has 3 aromatic rings. The number of aromatic carboxylic acids is 1. The molecule has 3 aliphatic heterocycles. The van der Waals surface area contributed by atoms with E-state index in [4.69, 9.17) is 9.47 Å². The lowest BCUT2D eigenvalue weighted by molar-refractivity contribution is -0.118. The van der Waals surface area contributed by atoms with E-state index in [0.29, 0.717) is 31.2 Å². The molecule has 1 atom stereocenters. The van der Waals surface area contributed by atoms with Crippen LogP contribution in [0.25, 0.3) is 11.0 Å². The number of rotatable bonds is 6. The van der Waals surface area contributed by atoms with Crippen molar-refractivity contribution in [2.24, 2.45) is 7.05 Å². The maximum atomic E-state index is 14.8. The molecule has 39 heavy (non-hydrogen) atoms. The van der Waals surface area contributed by atoms with Crippen LogP contribution in [0.2, 0.25) is 0 Å². The molecule has 6 rings (SSSR count). The molecule has 14 nitrogen and oxygen atoms in total. The number of aryl methyl sites for hydroxylation is 1. The fraction of sp³-hybridized carbons (Fsp3) is 0.333. The van der Waals surface area contributed by atoms with Gasteiger partial charge in [0.05, 0.1) is 11.9 Å². The molecule has 0 aromatic carbocycles. The third kappa shape index (κ3) is 4.35. The van der Waals surface area contributed by atoms with Crippen molar-refractivity contribution in [1.82, 2.24) is 19.9 Å². The number of aromatic nitrogens is 3. The molecular formula is C24H22FN7O7. The number of carbonyl (C=O) groups excluding carboxylic acids is 2. The number of halogens is 1. The van der Waals surface area contributed by atoms with Gasteiger partial charge in [0, 0.05) is 38.9 Å². The molecule has 2 fully saturated rings. The van der Waals surface area contributed by atoms with E-state index < -0.39 is 35.0 Å². The van der Waals surface area contributed by atoms with Gasteiger partial charge in [-0.05, 0) is 18.2 Å². The lowest BCUT2D eigenvalue weighted by Crippen LogP contribution is -2.59. The van der Waals surface area contributed by atoms with Gasteiger partial charge in [-0.2, -0.15) is 0 Å². The van der Waals surface area contributed by atoms with Gasteiger partial charge in [-0.3, -0.25) is 14.5 Å². The zero-order valence-corrected chi connectivity index (χ0v) is 20.5. The van der Waals surface area contributed by atoms with Gasteiger partial charge in [-0.25, -0.2) is 23.9 Å². The standard InChI is InChI=1S/C24H22FN7O7/c1-30-9-14(23(35)36)19(34)13-4-15(25)22(29-21(13)30)31-6-11(7-31)26-5-12-8-32(24(37)39-12)17-3-2-16-20(27-17)28-18(33)10-38-16/h2-4,9,11-12,26H,5-8,10H2,1H3,(H,35,36)(H,27,28,33)/t12-/m1/s1. The van der Waals surface area contributed by atoms with Crippen molar-refractivity contribution in [1.29, 1.82) is 0 Å². The number of fused-ring (bicyclic) bond motifs is 2. The third-order valence-electron chi connectivity index (χ3n) is 6.74. The predicted octanol–water partition coefficient (Wildman–Crippen LogP) is 0.300. The number of hydrogen-bond acceptors (Lipinski definition) is 10. The van der Waals surface area contributed by atoms with Crippen molar-refractivity contribution in [3.05, 3.63) is 46.0 Å². The van der Waals surface area contributed by atoms with E-state index in [9.17, 15) is 28.7 Å². The fourth-order valence-corrected chi connectivity index (χ4v) is 4.74. The SMILES string of the molecule is Cn1cc(C(=O)O)c(=O)c2cc(F)c(N3CC(NC[C@@H]4CN(c5ccc6c(n5)NC(=O)CO6)C(=O)O4)C3)nc21. The Hall–Kier alpha value is -4.79. The summed E-state index contributed by atoms with van der Waals surface area (Å²) < 4.78 is 27.0. The van der Waals surface area contributed by atoms with E-state index >= 15 is 0 Å². The molecule has 3 aliphatic rings. The van der Waals surface area contributed by atoms with Gasteiger partial charge in [0.2, 0.25) is 5.43 Å². The summed E-state index contributed by atoms with van der Waals surface area (Å²) in [5, 5.41) is 15.0. The summed E-state index contributed by atoms with van der Waals surface area (Å²) in [6, 6.07) is 4.23. The minimum absolute atomic E-state index is 0.0258. The van der Waals surface area contributed by atoms with Crippen LogP contribution >= 0.6 is 0 Å². The number of carboxylic acids is 1. The van der Waals surface area contributed by atoms with Gasteiger partial charge in [0.1, 0.15) is 23.1 Å². The van der Waals surface area contributed by atoms with Crippen LogP contribution in [0.4, 0.5) is 26.6 Å². The van der Waals surface area contributed by atoms with Crippen LogP contribution in [0.1, 0.15) is 10.4 Å². The van der Waals surface area contributed by atoms with Crippen molar-refractivity contribution < 1.29 is 33.4 Å². The first-order chi connectivity index (χ1) is 18.7. The topological polar surface area (TPSA) is 168 Å². The molecule has 0 unspecified atom stereocenters. The highest BCUT2D eigenvalue weighted by Gasteiger charge is 2.36. The highest BCUT2D eigenvalue weighted by Crippen LogP contribution is 2.30. The number of nitrogens with one attached hydrogen (secondary N) is 2. The van der Waals surface area contributed by atoms with Crippen molar-refractivity contribution >= 4 is 46.5 Å². The quantitative estimate of drug-likeness (QED) is 0.394. The maximum Gasteiger partial charge on any atom is 0.416 e. The molecule has 0 radical (unpaired) electrons. The first-order valence-electron chi connectivity index (χ1n) is 12.0. The lowest BCUT2D eigenvalue weighted by Gasteiger charge is -2.41. The van der Waals surface area contributed by atoms with E-state index in [-0.39, 0.29) is 47.8 Å². The number of amides is 2. The van der Waals surface area contributed by atoms with Crippen LogP contribution in [-0.4, -0.2) is 82.5 Å². The van der Waals surface area contributed by atoms with Crippen molar-refractivity contribution in [2.45, 2.75) is 12.1 Å². The molecule has 0 aliphatic carbocycles. The first kappa shape index (κ1) is 24.5. The van der Waals surface area contributed by atoms with Crippen LogP contribution in [0.3, 0.4) is 0 Å². The Morgan fingerprint density at radius 1 is 1.23 bits per heavy atom. The maximum absolute atomic E-state index is 14.8. The Balaban J connectivity index is 1.07. The predicted molar refractivity (Wildman–Crippen MR) is 134 cm³/mol. The highest BCUT2D eigenvalue weighted by atomic mass is 19.1. The van der Waals surface area contributed by atoms with Crippen LogP contribution in [-0.2, 0) is 16.6 Å². The van der Waals surface area contributed by atoms with Crippen LogP contribution in [0, 0.1) is 5.82 Å². The zero-order valence-electron chi connectivity index (χ0n) is 20.5. The number of carboxylic acid groups (broad SMARTS) is 1. The second kappa shape index (κ2) is 9.20. The Morgan fingerprint density at radius 3 is 2.79 bits per heavy atom. The number of carbonyl (C=O) groups is 3. The number of pyridine rings is 3. The summed E-state index contributed by atoms with van der Waals surface area (Å²) >= 11 is 0. The van der Waals surface area contributed by atoms with E-state index in [0.717, 1.165) is 12.3 Å². The fourth-order valence-electron chi connectivity index (χ4n) is 4.74. The third-order valence-corrected chi connectivity index (χ3v) is 6.74. The second-order valence-corrected chi connectivity index (χ2v) is 9.43. The molecule has 0 spiro atoms. The van der Waals surface area contributed by atoms with Gasteiger partial charge in [0.25, 0.3) is 5.91 Å². The van der Waals surface area contributed by atoms with Gasteiger partial charge in [-0.15, -0.1) is 0 Å². The minimum atomic E-state index is -1.39. The largest absolute Gasteiger partial charge is 0.480 e. The average molecular weight is 539 g/mol. The molecule has 2 amide bonds. The molecule has 2 saturated heterocycles. The minimum Gasteiger partial charge on any atom is -0.480 e. The van der Waals surface area contributed by atoms with Gasteiger partial charge < -0.3 is 34.7 Å². The Morgan fingerprint density at radius 2 is 2.03 bits per heavy atom. The van der Waals surface area contributed by atoms with Gasteiger partial charge >= 0.3 is 12.1 Å². The Labute approximate surface area is 218 Å². The molecular weight excluding hydrogens is 517 g/mol. The molecule has 15 heteroatoms. The van der Waals surface area contributed by atoms with Crippen molar-refractivity contribution in [2.75, 3.05) is 47.9 Å². The number of hydrogen-bond donors (Lipinski definition) is 3.